The van der Waals surface area contributed by atoms with Crippen molar-refractivity contribution in [2.75, 3.05) is 12.4 Å². The standard InChI is InChI=1S/C16H15NO3/c1-11-5-3-4-6-13(11)16(19)17-14-9-12(10-18)7-8-15(14)20-2/h3-10H,1-2H3,(H,17,19). The van der Waals surface area contributed by atoms with E-state index in [1.54, 1.807) is 30.3 Å². The van der Waals surface area contributed by atoms with E-state index in [1.165, 1.54) is 7.11 Å². The molecule has 0 bridgehead atoms. The Morgan fingerprint density at radius 1 is 1.20 bits per heavy atom. The maximum Gasteiger partial charge on any atom is 0.256 e. The van der Waals surface area contributed by atoms with E-state index in [-0.39, 0.29) is 5.91 Å². The molecule has 0 saturated heterocycles. The first-order chi connectivity index (χ1) is 9.65. The Morgan fingerprint density at radius 2 is 1.95 bits per heavy atom. The number of amides is 1. The second-order valence-electron chi connectivity index (χ2n) is 4.35. The number of carbonyl (C=O) groups is 2. The molecule has 102 valence electrons. The molecule has 20 heavy (non-hydrogen) atoms. The third kappa shape index (κ3) is 2.85. The van der Waals surface area contributed by atoms with Crippen LogP contribution < -0.4 is 10.1 Å². The fourth-order valence-electron chi connectivity index (χ4n) is 1.91. The number of aldehydes is 1. The summed E-state index contributed by atoms with van der Waals surface area (Å²) in [5.74, 6) is 0.280. The molecule has 0 unspecified atom stereocenters. The van der Waals surface area contributed by atoms with Gasteiger partial charge in [-0.25, -0.2) is 0 Å². The van der Waals surface area contributed by atoms with E-state index in [0.29, 0.717) is 22.6 Å². The van der Waals surface area contributed by atoms with E-state index >= 15 is 0 Å². The highest BCUT2D eigenvalue weighted by atomic mass is 16.5. The van der Waals surface area contributed by atoms with Gasteiger partial charge in [-0.05, 0) is 36.8 Å². The smallest absolute Gasteiger partial charge is 0.256 e. The molecule has 1 N–H and O–H groups in total. The van der Waals surface area contributed by atoms with Crippen LogP contribution in [0, 0.1) is 6.92 Å². The summed E-state index contributed by atoms with van der Waals surface area (Å²) in [6.45, 7) is 1.87. The van der Waals surface area contributed by atoms with Gasteiger partial charge in [0.15, 0.2) is 0 Å². The fraction of sp³-hybridized carbons (Fsp3) is 0.125. The van der Waals surface area contributed by atoms with Crippen LogP contribution >= 0.6 is 0 Å². The van der Waals surface area contributed by atoms with Crippen LogP contribution in [0.4, 0.5) is 5.69 Å². The third-order valence-corrected chi connectivity index (χ3v) is 3.00. The lowest BCUT2D eigenvalue weighted by Crippen LogP contribution is -2.14. The number of anilines is 1. The van der Waals surface area contributed by atoms with Crippen molar-refractivity contribution in [3.05, 3.63) is 59.2 Å². The molecule has 0 aliphatic rings. The average Bonchev–Trinajstić information content (AvgIpc) is 2.47. The Bertz CT molecular complexity index is 650. The summed E-state index contributed by atoms with van der Waals surface area (Å²) in [6, 6.07) is 12.2. The first kappa shape index (κ1) is 13.8. The number of ether oxygens (including phenoxy) is 1. The number of carbonyl (C=O) groups excluding carboxylic acids is 2. The minimum Gasteiger partial charge on any atom is -0.495 e. The number of hydrogen-bond acceptors (Lipinski definition) is 3. The minimum absolute atomic E-state index is 0.232. The summed E-state index contributed by atoms with van der Waals surface area (Å²) >= 11 is 0. The van der Waals surface area contributed by atoms with Crippen molar-refractivity contribution in [1.29, 1.82) is 0 Å². The second kappa shape index (κ2) is 6.02. The Kier molecular flexibility index (Phi) is 4.15. The number of benzene rings is 2. The van der Waals surface area contributed by atoms with Crippen molar-refractivity contribution in [3.8, 4) is 5.75 Å². The average molecular weight is 269 g/mol. The highest BCUT2D eigenvalue weighted by Gasteiger charge is 2.12. The molecule has 0 fully saturated rings. The maximum atomic E-state index is 12.2. The number of methoxy groups -OCH3 is 1. The summed E-state index contributed by atoms with van der Waals surface area (Å²) in [7, 11) is 1.51. The van der Waals surface area contributed by atoms with Crippen LogP contribution in [0.5, 0.6) is 5.75 Å². The number of nitrogens with one attached hydrogen (secondary N) is 1. The van der Waals surface area contributed by atoms with E-state index in [1.807, 2.05) is 19.1 Å². The van der Waals surface area contributed by atoms with Crippen molar-refractivity contribution < 1.29 is 14.3 Å². The Labute approximate surface area is 117 Å². The highest BCUT2D eigenvalue weighted by Crippen LogP contribution is 2.25. The molecule has 0 saturated carbocycles. The lowest BCUT2D eigenvalue weighted by atomic mass is 10.1. The zero-order valence-corrected chi connectivity index (χ0v) is 11.3. The molecule has 2 aromatic rings. The lowest BCUT2D eigenvalue weighted by Gasteiger charge is -2.11. The van der Waals surface area contributed by atoms with E-state index in [9.17, 15) is 9.59 Å². The first-order valence-electron chi connectivity index (χ1n) is 6.16. The molecule has 4 heteroatoms. The molecule has 0 aliphatic carbocycles. The summed E-state index contributed by atoms with van der Waals surface area (Å²) in [5.41, 5.74) is 2.43. The topological polar surface area (TPSA) is 55.4 Å². The maximum absolute atomic E-state index is 12.2. The van der Waals surface area contributed by atoms with Gasteiger partial charge in [-0.1, -0.05) is 18.2 Å². The van der Waals surface area contributed by atoms with Gasteiger partial charge in [0.1, 0.15) is 12.0 Å². The van der Waals surface area contributed by atoms with Gasteiger partial charge in [-0.3, -0.25) is 9.59 Å². The molecule has 2 rings (SSSR count). The molecular weight excluding hydrogens is 254 g/mol. The number of aryl methyl sites for hydroxylation is 1. The molecule has 0 radical (unpaired) electrons. The molecule has 0 aliphatic heterocycles. The van der Waals surface area contributed by atoms with Crippen LogP contribution in [0.1, 0.15) is 26.3 Å². The zero-order valence-electron chi connectivity index (χ0n) is 11.3. The van der Waals surface area contributed by atoms with E-state index in [2.05, 4.69) is 5.32 Å². The monoisotopic (exact) mass is 269 g/mol. The van der Waals surface area contributed by atoms with Crippen LogP contribution in [0.3, 0.4) is 0 Å². The van der Waals surface area contributed by atoms with Gasteiger partial charge in [0.05, 0.1) is 12.8 Å². The quantitative estimate of drug-likeness (QED) is 0.868. The van der Waals surface area contributed by atoms with Crippen LogP contribution in [-0.4, -0.2) is 19.3 Å². The van der Waals surface area contributed by atoms with Crippen LogP contribution in [-0.2, 0) is 0 Å². The van der Waals surface area contributed by atoms with Gasteiger partial charge in [-0.2, -0.15) is 0 Å². The molecule has 0 heterocycles. The van der Waals surface area contributed by atoms with Crippen molar-refractivity contribution in [3.63, 3.8) is 0 Å². The predicted octanol–water partition coefficient (Wildman–Crippen LogP) is 3.07. The lowest BCUT2D eigenvalue weighted by molar-refractivity contribution is 0.102. The third-order valence-electron chi connectivity index (χ3n) is 3.00. The number of hydrogen-bond donors (Lipinski definition) is 1. The molecule has 1 amide bonds. The second-order valence-corrected chi connectivity index (χ2v) is 4.35. The molecule has 4 nitrogen and oxygen atoms in total. The number of rotatable bonds is 4. The van der Waals surface area contributed by atoms with Crippen molar-refractivity contribution in [1.82, 2.24) is 0 Å². The van der Waals surface area contributed by atoms with Crippen molar-refractivity contribution >= 4 is 17.9 Å². The van der Waals surface area contributed by atoms with Gasteiger partial charge < -0.3 is 10.1 Å². The van der Waals surface area contributed by atoms with E-state index < -0.39 is 0 Å². The van der Waals surface area contributed by atoms with Gasteiger partial charge in [0.2, 0.25) is 0 Å². The molecule has 0 aromatic heterocycles. The van der Waals surface area contributed by atoms with Crippen molar-refractivity contribution in [2.24, 2.45) is 0 Å². The molecule has 2 aromatic carbocycles. The van der Waals surface area contributed by atoms with Crippen LogP contribution in [0.2, 0.25) is 0 Å². The van der Waals surface area contributed by atoms with Crippen LogP contribution in [0.25, 0.3) is 0 Å². The van der Waals surface area contributed by atoms with Gasteiger partial charge >= 0.3 is 0 Å². The molecule has 0 spiro atoms. The van der Waals surface area contributed by atoms with Gasteiger partial charge in [0, 0.05) is 11.1 Å². The molecule has 0 atom stereocenters. The Hall–Kier alpha value is -2.62. The minimum atomic E-state index is -0.232. The summed E-state index contributed by atoms with van der Waals surface area (Å²) in [6.07, 6.45) is 0.725. The van der Waals surface area contributed by atoms with Gasteiger partial charge in [-0.15, -0.1) is 0 Å². The zero-order chi connectivity index (χ0) is 14.5. The predicted molar refractivity (Wildman–Crippen MR) is 77.5 cm³/mol. The summed E-state index contributed by atoms with van der Waals surface area (Å²) < 4.78 is 5.18. The normalized spacial score (nSPS) is 9.90. The first-order valence-corrected chi connectivity index (χ1v) is 6.16. The molecular formula is C16H15NO3. The SMILES string of the molecule is COc1ccc(C=O)cc1NC(=O)c1ccccc1C. The Morgan fingerprint density at radius 3 is 2.60 bits per heavy atom. The van der Waals surface area contributed by atoms with Gasteiger partial charge in [0.25, 0.3) is 5.91 Å². The largest absolute Gasteiger partial charge is 0.495 e. The Balaban J connectivity index is 2.32. The summed E-state index contributed by atoms with van der Waals surface area (Å²) in [4.78, 5) is 23.1. The van der Waals surface area contributed by atoms with E-state index in [0.717, 1.165) is 11.8 Å². The van der Waals surface area contributed by atoms with Crippen LogP contribution in [0.15, 0.2) is 42.5 Å². The van der Waals surface area contributed by atoms with E-state index in [4.69, 9.17) is 4.74 Å². The van der Waals surface area contributed by atoms with Crippen molar-refractivity contribution in [2.45, 2.75) is 6.92 Å². The summed E-state index contributed by atoms with van der Waals surface area (Å²) in [5, 5.41) is 2.77. The highest BCUT2D eigenvalue weighted by molar-refractivity contribution is 6.06. The fourth-order valence-corrected chi connectivity index (χ4v) is 1.91.